The molecule has 4 heteroatoms. The number of halogens is 1. The molecular weight excluding hydrogens is 316 g/mol. The van der Waals surface area contributed by atoms with Gasteiger partial charge in [-0.2, -0.15) is 0 Å². The summed E-state index contributed by atoms with van der Waals surface area (Å²) < 4.78 is 6.77. The quantitative estimate of drug-likeness (QED) is 0.912. The number of benzene rings is 1. The third-order valence-corrected chi connectivity index (χ3v) is 5.14. The molecule has 2 fully saturated rings. The van der Waals surface area contributed by atoms with Gasteiger partial charge in [-0.05, 0) is 37.0 Å². The summed E-state index contributed by atoms with van der Waals surface area (Å²) in [7, 11) is 1.78. The fourth-order valence-corrected chi connectivity index (χ4v) is 3.78. The summed E-state index contributed by atoms with van der Waals surface area (Å²) in [5, 5.41) is 3.45. The molecule has 20 heavy (non-hydrogen) atoms. The second-order valence-electron chi connectivity index (χ2n) is 5.81. The van der Waals surface area contributed by atoms with E-state index in [0.29, 0.717) is 6.04 Å². The van der Waals surface area contributed by atoms with Crippen molar-refractivity contribution in [2.45, 2.75) is 25.3 Å². The van der Waals surface area contributed by atoms with Crippen LogP contribution in [0.2, 0.25) is 0 Å². The molecule has 1 heterocycles. The Labute approximate surface area is 129 Å². The zero-order valence-electron chi connectivity index (χ0n) is 12.1. The van der Waals surface area contributed by atoms with E-state index < -0.39 is 0 Å². The van der Waals surface area contributed by atoms with E-state index in [0.717, 1.165) is 42.3 Å². The lowest BCUT2D eigenvalue weighted by Gasteiger charge is -2.43. The van der Waals surface area contributed by atoms with Gasteiger partial charge in [-0.15, -0.1) is 0 Å². The number of rotatable bonds is 4. The summed E-state index contributed by atoms with van der Waals surface area (Å²) in [5.74, 6) is 1.82. The third kappa shape index (κ3) is 2.87. The Morgan fingerprint density at radius 2 is 2.05 bits per heavy atom. The molecule has 1 saturated heterocycles. The number of ether oxygens (including phenoxy) is 1. The standard InChI is InChI=1S/C16H23BrN2O/c1-20-15-6-5-13(17)11-14(15)16(12-3-2-4-12)19-9-7-18-8-10-19/h5-6,11-12,16,18H,2-4,7-10H2,1H3/t16-/m1/s1. The molecule has 1 aliphatic heterocycles. The number of hydrogen-bond donors (Lipinski definition) is 1. The van der Waals surface area contributed by atoms with Gasteiger partial charge >= 0.3 is 0 Å². The van der Waals surface area contributed by atoms with Crippen molar-refractivity contribution in [1.82, 2.24) is 10.2 Å². The van der Waals surface area contributed by atoms with Crippen molar-refractivity contribution < 1.29 is 4.74 Å². The lowest BCUT2D eigenvalue weighted by atomic mass is 9.76. The van der Waals surface area contributed by atoms with Crippen LogP contribution in [-0.2, 0) is 0 Å². The predicted octanol–water partition coefficient (Wildman–Crippen LogP) is 3.20. The zero-order valence-corrected chi connectivity index (χ0v) is 13.7. The van der Waals surface area contributed by atoms with Crippen molar-refractivity contribution in [3.63, 3.8) is 0 Å². The van der Waals surface area contributed by atoms with Gasteiger partial charge in [-0.25, -0.2) is 0 Å². The monoisotopic (exact) mass is 338 g/mol. The van der Waals surface area contributed by atoms with Crippen molar-refractivity contribution in [2.24, 2.45) is 5.92 Å². The minimum absolute atomic E-state index is 0.512. The van der Waals surface area contributed by atoms with Crippen molar-refractivity contribution >= 4 is 15.9 Å². The molecule has 1 N–H and O–H groups in total. The number of nitrogens with zero attached hydrogens (tertiary/aromatic N) is 1. The summed E-state index contributed by atoms with van der Waals surface area (Å²) in [4.78, 5) is 2.64. The van der Waals surface area contributed by atoms with Gasteiger partial charge in [0.25, 0.3) is 0 Å². The number of methoxy groups -OCH3 is 1. The van der Waals surface area contributed by atoms with Crippen LogP contribution in [0, 0.1) is 5.92 Å². The molecule has 2 aliphatic rings. The maximum Gasteiger partial charge on any atom is 0.123 e. The van der Waals surface area contributed by atoms with Crippen LogP contribution in [-0.4, -0.2) is 38.2 Å². The second-order valence-corrected chi connectivity index (χ2v) is 6.72. The highest BCUT2D eigenvalue weighted by Crippen LogP contribution is 2.44. The van der Waals surface area contributed by atoms with E-state index >= 15 is 0 Å². The molecule has 1 saturated carbocycles. The van der Waals surface area contributed by atoms with Crippen LogP contribution in [0.4, 0.5) is 0 Å². The van der Waals surface area contributed by atoms with Crippen LogP contribution in [0.5, 0.6) is 5.75 Å². The molecule has 0 radical (unpaired) electrons. The van der Waals surface area contributed by atoms with E-state index in [9.17, 15) is 0 Å². The maximum absolute atomic E-state index is 5.63. The smallest absolute Gasteiger partial charge is 0.123 e. The maximum atomic E-state index is 5.63. The van der Waals surface area contributed by atoms with Gasteiger partial charge in [0.1, 0.15) is 5.75 Å². The van der Waals surface area contributed by atoms with Crippen LogP contribution in [0.25, 0.3) is 0 Å². The Bertz CT molecular complexity index is 456. The molecule has 1 aromatic rings. The minimum Gasteiger partial charge on any atom is -0.496 e. The van der Waals surface area contributed by atoms with Gasteiger partial charge in [0, 0.05) is 42.3 Å². The summed E-state index contributed by atoms with van der Waals surface area (Å²) in [6.45, 7) is 4.47. The fourth-order valence-electron chi connectivity index (χ4n) is 3.40. The van der Waals surface area contributed by atoms with Gasteiger partial charge < -0.3 is 10.1 Å². The third-order valence-electron chi connectivity index (χ3n) is 4.65. The molecule has 0 aromatic heterocycles. The summed E-state index contributed by atoms with van der Waals surface area (Å²) >= 11 is 3.62. The normalized spacial score (nSPS) is 22.3. The van der Waals surface area contributed by atoms with Crippen LogP contribution in [0.15, 0.2) is 22.7 Å². The molecule has 110 valence electrons. The Balaban J connectivity index is 1.93. The van der Waals surface area contributed by atoms with E-state index in [-0.39, 0.29) is 0 Å². The number of piperazine rings is 1. The Morgan fingerprint density at radius 1 is 1.30 bits per heavy atom. The summed E-state index contributed by atoms with van der Waals surface area (Å²) in [6.07, 6.45) is 4.08. The molecule has 0 amide bonds. The molecule has 3 nitrogen and oxygen atoms in total. The number of hydrogen-bond acceptors (Lipinski definition) is 3. The van der Waals surface area contributed by atoms with Crippen LogP contribution >= 0.6 is 15.9 Å². The number of nitrogens with one attached hydrogen (secondary N) is 1. The second kappa shape index (κ2) is 6.46. The van der Waals surface area contributed by atoms with Crippen molar-refractivity contribution in [3.8, 4) is 5.75 Å². The Morgan fingerprint density at radius 3 is 2.65 bits per heavy atom. The largest absolute Gasteiger partial charge is 0.496 e. The van der Waals surface area contributed by atoms with E-state index in [1.165, 1.54) is 24.8 Å². The average molecular weight is 339 g/mol. The first-order chi connectivity index (χ1) is 9.79. The summed E-state index contributed by atoms with van der Waals surface area (Å²) in [6, 6.07) is 6.92. The molecule has 1 aromatic carbocycles. The van der Waals surface area contributed by atoms with Crippen molar-refractivity contribution in [1.29, 1.82) is 0 Å². The van der Waals surface area contributed by atoms with E-state index in [4.69, 9.17) is 4.74 Å². The van der Waals surface area contributed by atoms with Gasteiger partial charge in [0.05, 0.1) is 7.11 Å². The SMILES string of the molecule is COc1ccc(Br)cc1[C@@H](C1CCC1)N1CCNCC1. The molecule has 0 unspecified atom stereocenters. The van der Waals surface area contributed by atoms with Gasteiger partial charge in [0.15, 0.2) is 0 Å². The first-order valence-corrected chi connectivity index (χ1v) is 8.37. The van der Waals surface area contributed by atoms with E-state index in [1.54, 1.807) is 7.11 Å². The molecule has 1 aliphatic carbocycles. The average Bonchev–Trinajstić information content (AvgIpc) is 2.43. The van der Waals surface area contributed by atoms with Crippen LogP contribution < -0.4 is 10.1 Å². The van der Waals surface area contributed by atoms with E-state index in [1.807, 2.05) is 0 Å². The fraction of sp³-hybridized carbons (Fsp3) is 0.625. The molecule has 1 atom stereocenters. The lowest BCUT2D eigenvalue weighted by Crippen LogP contribution is -2.47. The first-order valence-electron chi connectivity index (χ1n) is 7.58. The van der Waals surface area contributed by atoms with Gasteiger partial charge in [-0.3, -0.25) is 4.90 Å². The molecule has 3 rings (SSSR count). The van der Waals surface area contributed by atoms with Gasteiger partial charge in [0.2, 0.25) is 0 Å². The van der Waals surface area contributed by atoms with Gasteiger partial charge in [-0.1, -0.05) is 22.4 Å². The molecular formula is C16H23BrN2O. The molecule has 0 bridgehead atoms. The van der Waals surface area contributed by atoms with Crippen LogP contribution in [0.3, 0.4) is 0 Å². The van der Waals surface area contributed by atoms with E-state index in [2.05, 4.69) is 44.3 Å². The Hall–Kier alpha value is -0.580. The topological polar surface area (TPSA) is 24.5 Å². The summed E-state index contributed by atoms with van der Waals surface area (Å²) in [5.41, 5.74) is 1.36. The molecule has 0 spiro atoms. The highest BCUT2D eigenvalue weighted by Gasteiger charge is 2.35. The Kier molecular flexibility index (Phi) is 4.64. The lowest BCUT2D eigenvalue weighted by molar-refractivity contribution is 0.0818. The first kappa shape index (κ1) is 14.4. The van der Waals surface area contributed by atoms with Crippen molar-refractivity contribution in [3.05, 3.63) is 28.2 Å². The zero-order chi connectivity index (χ0) is 13.9. The minimum atomic E-state index is 0.512. The van der Waals surface area contributed by atoms with Crippen molar-refractivity contribution in [2.75, 3.05) is 33.3 Å². The predicted molar refractivity (Wildman–Crippen MR) is 85.2 cm³/mol. The highest BCUT2D eigenvalue weighted by atomic mass is 79.9. The van der Waals surface area contributed by atoms with Crippen LogP contribution in [0.1, 0.15) is 30.9 Å². The highest BCUT2D eigenvalue weighted by molar-refractivity contribution is 9.10.